The second-order valence-corrected chi connectivity index (χ2v) is 6.31. The number of halogens is 1. The highest BCUT2D eigenvalue weighted by atomic mass is 35.5. The van der Waals surface area contributed by atoms with Crippen LogP contribution in [0.4, 0.5) is 11.4 Å². The summed E-state index contributed by atoms with van der Waals surface area (Å²) in [7, 11) is 1.53. The molecule has 1 fully saturated rings. The second-order valence-electron chi connectivity index (χ2n) is 5.90. The Kier molecular flexibility index (Phi) is 5.27. The van der Waals surface area contributed by atoms with Gasteiger partial charge < -0.3 is 14.5 Å². The Balaban J connectivity index is 1.63. The number of methoxy groups -OCH3 is 1. The van der Waals surface area contributed by atoms with E-state index in [1.54, 1.807) is 35.2 Å². The summed E-state index contributed by atoms with van der Waals surface area (Å²) in [6.07, 6.45) is 0. The number of nitrogens with zero attached hydrogens (tertiary/aromatic N) is 3. The van der Waals surface area contributed by atoms with E-state index in [4.69, 9.17) is 16.3 Å². The minimum atomic E-state index is -0.416. The molecule has 2 aromatic carbocycles. The van der Waals surface area contributed by atoms with Crippen molar-refractivity contribution in [2.75, 3.05) is 38.2 Å². The molecule has 1 saturated heterocycles. The Hall–Kier alpha value is -2.80. The highest BCUT2D eigenvalue weighted by Crippen LogP contribution is 2.26. The molecule has 1 amide bonds. The first kappa shape index (κ1) is 18.0. The molecule has 8 heteroatoms. The third kappa shape index (κ3) is 3.72. The zero-order valence-corrected chi connectivity index (χ0v) is 15.0. The molecule has 0 unspecified atom stereocenters. The lowest BCUT2D eigenvalue weighted by Gasteiger charge is -2.36. The van der Waals surface area contributed by atoms with Crippen LogP contribution < -0.4 is 9.64 Å². The van der Waals surface area contributed by atoms with Crippen LogP contribution in [-0.4, -0.2) is 49.0 Å². The molecular formula is C18H18ClN3O4. The Morgan fingerprint density at radius 2 is 1.77 bits per heavy atom. The van der Waals surface area contributed by atoms with Crippen LogP contribution >= 0.6 is 11.6 Å². The maximum Gasteiger partial charge on any atom is 0.269 e. The first-order valence-electron chi connectivity index (χ1n) is 8.12. The summed E-state index contributed by atoms with van der Waals surface area (Å²) in [5, 5.41) is 11.1. The quantitative estimate of drug-likeness (QED) is 0.605. The molecule has 2 aromatic rings. The molecule has 0 spiro atoms. The topological polar surface area (TPSA) is 75.9 Å². The van der Waals surface area contributed by atoms with Crippen molar-refractivity contribution >= 4 is 28.9 Å². The van der Waals surface area contributed by atoms with Crippen LogP contribution in [0.1, 0.15) is 10.4 Å². The van der Waals surface area contributed by atoms with Crippen molar-refractivity contribution in [2.45, 2.75) is 0 Å². The van der Waals surface area contributed by atoms with Gasteiger partial charge in [0.1, 0.15) is 5.75 Å². The number of piperazine rings is 1. The normalized spacial score (nSPS) is 14.2. The molecule has 136 valence electrons. The van der Waals surface area contributed by atoms with Gasteiger partial charge in [0.15, 0.2) is 0 Å². The lowest BCUT2D eigenvalue weighted by atomic mass is 10.1. The lowest BCUT2D eigenvalue weighted by Crippen LogP contribution is -2.48. The fraction of sp³-hybridized carbons (Fsp3) is 0.278. The van der Waals surface area contributed by atoms with Crippen molar-refractivity contribution in [3.05, 3.63) is 63.2 Å². The van der Waals surface area contributed by atoms with Gasteiger partial charge >= 0.3 is 0 Å². The van der Waals surface area contributed by atoms with Crippen LogP contribution in [0.2, 0.25) is 5.02 Å². The largest absolute Gasteiger partial charge is 0.495 e. The number of anilines is 1. The molecule has 0 aromatic heterocycles. The molecule has 0 atom stereocenters. The molecule has 7 nitrogen and oxygen atoms in total. The molecule has 1 heterocycles. The molecule has 3 rings (SSSR count). The van der Waals surface area contributed by atoms with Gasteiger partial charge in [-0.1, -0.05) is 11.6 Å². The summed E-state index contributed by atoms with van der Waals surface area (Å²) in [5.74, 6) is 0.462. The Morgan fingerprint density at radius 1 is 1.12 bits per heavy atom. The van der Waals surface area contributed by atoms with Crippen LogP contribution in [0, 0.1) is 10.1 Å². The van der Waals surface area contributed by atoms with Crippen molar-refractivity contribution in [1.29, 1.82) is 0 Å². The van der Waals surface area contributed by atoms with E-state index < -0.39 is 4.92 Å². The summed E-state index contributed by atoms with van der Waals surface area (Å²) >= 11 is 6.10. The summed E-state index contributed by atoms with van der Waals surface area (Å²) in [6, 6.07) is 11.5. The van der Waals surface area contributed by atoms with E-state index >= 15 is 0 Å². The summed E-state index contributed by atoms with van der Waals surface area (Å²) in [6.45, 7) is 2.46. The second kappa shape index (κ2) is 7.61. The first-order chi connectivity index (χ1) is 12.5. The molecule has 0 aliphatic carbocycles. The van der Waals surface area contributed by atoms with E-state index in [1.165, 1.54) is 19.2 Å². The fourth-order valence-corrected chi connectivity index (χ4v) is 3.19. The number of hydrogen-bond donors (Lipinski definition) is 0. The Labute approximate surface area is 155 Å². The summed E-state index contributed by atoms with van der Waals surface area (Å²) in [5.41, 5.74) is 1.51. The smallest absolute Gasteiger partial charge is 0.269 e. The molecular weight excluding hydrogens is 358 g/mol. The predicted octanol–water partition coefficient (Wildman–Crippen LogP) is 3.22. The maximum atomic E-state index is 12.6. The van der Waals surface area contributed by atoms with Crippen LogP contribution in [0.5, 0.6) is 5.75 Å². The number of amides is 1. The van der Waals surface area contributed by atoms with Gasteiger partial charge in [-0.15, -0.1) is 0 Å². The summed E-state index contributed by atoms with van der Waals surface area (Å²) in [4.78, 5) is 26.9. The first-order valence-corrected chi connectivity index (χ1v) is 8.49. The Morgan fingerprint density at radius 3 is 2.31 bits per heavy atom. The molecule has 1 aliphatic heterocycles. The number of non-ortho nitro benzene ring substituents is 1. The molecule has 0 saturated carbocycles. The lowest BCUT2D eigenvalue weighted by molar-refractivity contribution is -0.384. The third-order valence-corrected chi connectivity index (χ3v) is 4.69. The van der Waals surface area contributed by atoms with Crippen LogP contribution in [0.15, 0.2) is 42.5 Å². The number of carbonyl (C=O) groups excluding carboxylic acids is 1. The highest BCUT2D eigenvalue weighted by Gasteiger charge is 2.23. The average Bonchev–Trinajstić information content (AvgIpc) is 2.67. The number of benzene rings is 2. The zero-order valence-electron chi connectivity index (χ0n) is 14.2. The molecule has 1 aliphatic rings. The monoisotopic (exact) mass is 375 g/mol. The van der Waals surface area contributed by atoms with Gasteiger partial charge in [-0.2, -0.15) is 0 Å². The molecule has 0 radical (unpaired) electrons. The van der Waals surface area contributed by atoms with E-state index in [-0.39, 0.29) is 11.6 Å². The number of nitro benzene ring substituents is 1. The van der Waals surface area contributed by atoms with Crippen LogP contribution in [0.3, 0.4) is 0 Å². The third-order valence-electron chi connectivity index (χ3n) is 4.39. The predicted molar refractivity (Wildman–Crippen MR) is 99.2 cm³/mol. The molecule has 26 heavy (non-hydrogen) atoms. The van der Waals surface area contributed by atoms with E-state index in [0.717, 1.165) is 5.69 Å². The van der Waals surface area contributed by atoms with Crippen molar-refractivity contribution in [3.8, 4) is 5.75 Å². The number of ether oxygens (including phenoxy) is 1. The van der Waals surface area contributed by atoms with Gasteiger partial charge in [-0.05, 0) is 30.3 Å². The van der Waals surface area contributed by atoms with Crippen molar-refractivity contribution in [3.63, 3.8) is 0 Å². The average molecular weight is 376 g/mol. The maximum absolute atomic E-state index is 12.6. The standard InChI is InChI=1S/C18H18ClN3O4/c1-26-17-7-2-13(12-16(17)19)18(23)21-10-8-20(9-11-21)14-3-5-15(6-4-14)22(24)25/h2-7,12H,8-11H2,1H3. The van der Waals surface area contributed by atoms with Crippen molar-refractivity contribution in [2.24, 2.45) is 0 Å². The van der Waals surface area contributed by atoms with E-state index in [2.05, 4.69) is 4.90 Å². The number of nitro groups is 1. The minimum Gasteiger partial charge on any atom is -0.495 e. The zero-order chi connectivity index (χ0) is 18.7. The number of hydrogen-bond acceptors (Lipinski definition) is 5. The van der Waals surface area contributed by atoms with E-state index in [9.17, 15) is 14.9 Å². The minimum absolute atomic E-state index is 0.0685. The fourth-order valence-electron chi connectivity index (χ4n) is 2.93. The highest BCUT2D eigenvalue weighted by molar-refractivity contribution is 6.32. The number of rotatable bonds is 4. The number of carbonyl (C=O) groups is 1. The Bertz CT molecular complexity index is 818. The van der Waals surface area contributed by atoms with Gasteiger partial charge in [-0.25, -0.2) is 0 Å². The SMILES string of the molecule is COc1ccc(C(=O)N2CCN(c3ccc([N+](=O)[O-])cc3)CC2)cc1Cl. The van der Waals surface area contributed by atoms with Gasteiger partial charge in [0.25, 0.3) is 11.6 Å². The molecule has 0 bridgehead atoms. The van der Waals surface area contributed by atoms with Gasteiger partial charge in [-0.3, -0.25) is 14.9 Å². The van der Waals surface area contributed by atoms with Crippen LogP contribution in [-0.2, 0) is 0 Å². The van der Waals surface area contributed by atoms with Crippen LogP contribution in [0.25, 0.3) is 0 Å². The molecule has 0 N–H and O–H groups in total. The van der Waals surface area contributed by atoms with E-state index in [0.29, 0.717) is 42.5 Å². The van der Waals surface area contributed by atoms with Gasteiger partial charge in [0, 0.05) is 49.6 Å². The van der Waals surface area contributed by atoms with Crippen molar-refractivity contribution < 1.29 is 14.5 Å². The van der Waals surface area contributed by atoms with Gasteiger partial charge in [0.05, 0.1) is 17.1 Å². The van der Waals surface area contributed by atoms with Crippen molar-refractivity contribution in [1.82, 2.24) is 4.90 Å². The van der Waals surface area contributed by atoms with Gasteiger partial charge in [0.2, 0.25) is 0 Å². The summed E-state index contributed by atoms with van der Waals surface area (Å²) < 4.78 is 5.11. The van der Waals surface area contributed by atoms with E-state index in [1.807, 2.05) is 0 Å².